The summed E-state index contributed by atoms with van der Waals surface area (Å²) in [6.07, 6.45) is 17.7. The topological polar surface area (TPSA) is 32.3 Å². The van der Waals surface area contributed by atoms with Crippen LogP contribution in [0, 0.1) is 0 Å². The number of allylic oxidation sites excluding steroid dienone is 1. The zero-order chi connectivity index (χ0) is 15.3. The van der Waals surface area contributed by atoms with Crippen molar-refractivity contribution in [1.82, 2.24) is 5.32 Å². The number of unbranched alkanes of at least 4 members (excludes halogenated alkanes) is 8. The minimum absolute atomic E-state index is 0.168. The predicted octanol–water partition coefficient (Wildman–Crippen LogP) is 5.31. The van der Waals surface area contributed by atoms with E-state index in [1.165, 1.54) is 70.6 Å². The van der Waals surface area contributed by atoms with E-state index in [-0.39, 0.29) is 12.1 Å². The summed E-state index contributed by atoms with van der Waals surface area (Å²) in [5.41, 5.74) is 1.13. The third kappa shape index (κ3) is 9.18. The van der Waals surface area contributed by atoms with Gasteiger partial charge in [-0.1, -0.05) is 77.7 Å². The second-order valence-corrected chi connectivity index (χ2v) is 6.78. The van der Waals surface area contributed by atoms with Crippen LogP contribution >= 0.6 is 0 Å². The summed E-state index contributed by atoms with van der Waals surface area (Å²) in [4.78, 5) is 0. The molecule has 2 nitrogen and oxygen atoms in total. The Bertz CT molecular complexity index is 264. The molecule has 1 saturated carbocycles. The SMILES string of the molecule is C=C(CCCCCCCCCCC)N[C@@H]1CCCC[C@H]1O. The third-order valence-electron chi connectivity index (χ3n) is 4.70. The van der Waals surface area contributed by atoms with Crippen LogP contribution in [0.4, 0.5) is 0 Å². The van der Waals surface area contributed by atoms with Crippen molar-refractivity contribution in [2.45, 2.75) is 109 Å². The molecule has 0 aromatic heterocycles. The smallest absolute Gasteiger partial charge is 0.0741 e. The minimum atomic E-state index is -0.168. The van der Waals surface area contributed by atoms with Gasteiger partial charge >= 0.3 is 0 Å². The van der Waals surface area contributed by atoms with Crippen molar-refractivity contribution in [2.75, 3.05) is 0 Å². The van der Waals surface area contributed by atoms with Crippen molar-refractivity contribution >= 4 is 0 Å². The summed E-state index contributed by atoms with van der Waals surface area (Å²) in [7, 11) is 0. The number of rotatable bonds is 12. The molecular weight excluding hydrogens is 258 g/mol. The maximum atomic E-state index is 9.94. The molecule has 2 atom stereocenters. The third-order valence-corrected chi connectivity index (χ3v) is 4.70. The Morgan fingerprint density at radius 3 is 2.14 bits per heavy atom. The molecule has 0 saturated heterocycles. The van der Waals surface area contributed by atoms with Crippen LogP contribution < -0.4 is 5.32 Å². The molecule has 21 heavy (non-hydrogen) atoms. The highest BCUT2D eigenvalue weighted by molar-refractivity contribution is 4.96. The summed E-state index contributed by atoms with van der Waals surface area (Å²) in [5, 5.41) is 13.4. The molecule has 0 radical (unpaired) electrons. The van der Waals surface area contributed by atoms with Gasteiger partial charge in [-0.2, -0.15) is 0 Å². The molecule has 0 amide bonds. The zero-order valence-electron chi connectivity index (χ0n) is 14.2. The molecule has 124 valence electrons. The van der Waals surface area contributed by atoms with Crippen LogP contribution in [-0.4, -0.2) is 17.3 Å². The van der Waals surface area contributed by atoms with E-state index >= 15 is 0 Å². The van der Waals surface area contributed by atoms with Gasteiger partial charge in [-0.05, 0) is 25.7 Å². The van der Waals surface area contributed by atoms with Crippen molar-refractivity contribution in [3.63, 3.8) is 0 Å². The molecule has 1 rings (SSSR count). The van der Waals surface area contributed by atoms with E-state index in [4.69, 9.17) is 0 Å². The Morgan fingerprint density at radius 1 is 0.952 bits per heavy atom. The van der Waals surface area contributed by atoms with Gasteiger partial charge in [-0.15, -0.1) is 0 Å². The predicted molar refractivity (Wildman–Crippen MR) is 92.4 cm³/mol. The van der Waals surface area contributed by atoms with E-state index in [9.17, 15) is 5.11 Å². The highest BCUT2D eigenvalue weighted by Gasteiger charge is 2.22. The van der Waals surface area contributed by atoms with E-state index in [2.05, 4.69) is 18.8 Å². The van der Waals surface area contributed by atoms with Gasteiger partial charge in [0.25, 0.3) is 0 Å². The molecule has 0 heterocycles. The fourth-order valence-electron chi connectivity index (χ4n) is 3.26. The lowest BCUT2D eigenvalue weighted by Crippen LogP contribution is -2.41. The van der Waals surface area contributed by atoms with Gasteiger partial charge in [0, 0.05) is 5.70 Å². The van der Waals surface area contributed by atoms with Crippen LogP contribution in [0.3, 0.4) is 0 Å². The van der Waals surface area contributed by atoms with Crippen LogP contribution in [0.5, 0.6) is 0 Å². The molecule has 2 heteroatoms. The molecule has 0 aromatic rings. The van der Waals surface area contributed by atoms with Gasteiger partial charge in [-0.3, -0.25) is 0 Å². The Morgan fingerprint density at radius 2 is 1.52 bits per heavy atom. The second-order valence-electron chi connectivity index (χ2n) is 6.78. The molecular formula is C19H37NO. The summed E-state index contributed by atoms with van der Waals surface area (Å²) in [6.45, 7) is 6.40. The van der Waals surface area contributed by atoms with Gasteiger partial charge in [0.05, 0.1) is 12.1 Å². The first-order chi connectivity index (χ1) is 10.2. The highest BCUT2D eigenvalue weighted by Crippen LogP contribution is 2.20. The maximum absolute atomic E-state index is 9.94. The highest BCUT2D eigenvalue weighted by atomic mass is 16.3. The van der Waals surface area contributed by atoms with E-state index in [1.54, 1.807) is 0 Å². The molecule has 1 aliphatic rings. The van der Waals surface area contributed by atoms with E-state index in [0.717, 1.165) is 25.0 Å². The summed E-state index contributed by atoms with van der Waals surface area (Å²) in [5.74, 6) is 0. The number of aliphatic hydroxyl groups excluding tert-OH is 1. The molecule has 2 N–H and O–H groups in total. The van der Waals surface area contributed by atoms with E-state index < -0.39 is 0 Å². The monoisotopic (exact) mass is 295 g/mol. The fraction of sp³-hybridized carbons (Fsp3) is 0.895. The first-order valence-electron chi connectivity index (χ1n) is 9.36. The average molecular weight is 296 g/mol. The lowest BCUT2D eigenvalue weighted by atomic mass is 9.92. The van der Waals surface area contributed by atoms with Gasteiger partial charge < -0.3 is 10.4 Å². The Kier molecular flexibility index (Phi) is 10.7. The molecule has 0 unspecified atom stereocenters. The molecule has 0 bridgehead atoms. The second kappa shape index (κ2) is 12.1. The molecule has 0 aromatic carbocycles. The quantitative estimate of drug-likeness (QED) is 0.478. The van der Waals surface area contributed by atoms with E-state index in [1.807, 2.05) is 0 Å². The largest absolute Gasteiger partial charge is 0.391 e. The van der Waals surface area contributed by atoms with Crippen molar-refractivity contribution < 1.29 is 5.11 Å². The summed E-state index contributed by atoms with van der Waals surface area (Å²) < 4.78 is 0. The number of aliphatic hydroxyl groups is 1. The van der Waals surface area contributed by atoms with Gasteiger partial charge in [-0.25, -0.2) is 0 Å². The van der Waals surface area contributed by atoms with Crippen LogP contribution in [0.1, 0.15) is 96.8 Å². The van der Waals surface area contributed by atoms with Gasteiger partial charge in [0.15, 0.2) is 0 Å². The molecule has 0 spiro atoms. The molecule has 1 fully saturated rings. The van der Waals surface area contributed by atoms with Gasteiger partial charge in [0.2, 0.25) is 0 Å². The number of hydrogen-bond donors (Lipinski definition) is 2. The Labute approximate surface area is 132 Å². The van der Waals surface area contributed by atoms with Crippen LogP contribution in [-0.2, 0) is 0 Å². The summed E-state index contributed by atoms with van der Waals surface area (Å²) >= 11 is 0. The Hall–Kier alpha value is -0.500. The number of hydrogen-bond acceptors (Lipinski definition) is 2. The maximum Gasteiger partial charge on any atom is 0.0741 e. The van der Waals surface area contributed by atoms with Crippen molar-refractivity contribution in [3.8, 4) is 0 Å². The van der Waals surface area contributed by atoms with Crippen LogP contribution in [0.2, 0.25) is 0 Å². The lowest BCUT2D eigenvalue weighted by Gasteiger charge is -2.30. The van der Waals surface area contributed by atoms with Gasteiger partial charge in [0.1, 0.15) is 0 Å². The normalized spacial score (nSPS) is 22.2. The number of nitrogens with one attached hydrogen (secondary N) is 1. The first-order valence-corrected chi connectivity index (χ1v) is 9.36. The van der Waals surface area contributed by atoms with Crippen LogP contribution in [0.25, 0.3) is 0 Å². The Balaban J connectivity index is 1.91. The van der Waals surface area contributed by atoms with Crippen LogP contribution in [0.15, 0.2) is 12.3 Å². The lowest BCUT2D eigenvalue weighted by molar-refractivity contribution is 0.0952. The van der Waals surface area contributed by atoms with Crippen molar-refractivity contribution in [1.29, 1.82) is 0 Å². The minimum Gasteiger partial charge on any atom is -0.391 e. The standard InChI is InChI=1S/C19H37NO/c1-3-4-5-6-7-8-9-10-11-14-17(2)20-18-15-12-13-16-19(18)21/h18-21H,2-16H2,1H3/t18-,19-/m1/s1. The van der Waals surface area contributed by atoms with Crippen molar-refractivity contribution in [3.05, 3.63) is 12.3 Å². The van der Waals surface area contributed by atoms with E-state index in [0.29, 0.717) is 0 Å². The summed E-state index contributed by atoms with van der Waals surface area (Å²) in [6, 6.07) is 0.254. The zero-order valence-corrected chi connectivity index (χ0v) is 14.2. The molecule has 0 aliphatic heterocycles. The van der Waals surface area contributed by atoms with Crippen molar-refractivity contribution in [2.24, 2.45) is 0 Å². The molecule has 1 aliphatic carbocycles. The fourth-order valence-corrected chi connectivity index (χ4v) is 3.26. The first kappa shape index (κ1) is 18.5. The average Bonchev–Trinajstić information content (AvgIpc) is 2.48.